The fraction of sp³-hybridized carbons (Fsp3) is 0.364. The number of carbonyl (C=O) groups excluding carboxylic acids is 2. The lowest BCUT2D eigenvalue weighted by Gasteiger charge is -2.29. The van der Waals surface area contributed by atoms with E-state index in [0.717, 1.165) is 12.0 Å². The van der Waals surface area contributed by atoms with Crippen molar-refractivity contribution in [2.24, 2.45) is 0 Å². The molecule has 0 heterocycles. The molecule has 0 aliphatic heterocycles. The van der Waals surface area contributed by atoms with Crippen LogP contribution in [-0.2, 0) is 16.1 Å². The predicted octanol–water partition coefficient (Wildman–Crippen LogP) is 5.36. The summed E-state index contributed by atoms with van der Waals surface area (Å²) < 4.78 is 5.59. The van der Waals surface area contributed by atoms with Gasteiger partial charge in [0.05, 0.1) is 10.0 Å². The summed E-state index contributed by atoms with van der Waals surface area (Å²) in [6.45, 7) is 5.53. The summed E-state index contributed by atoms with van der Waals surface area (Å²) in [5.74, 6) is -0.101. The number of nitrogens with zero attached hydrogens (tertiary/aromatic N) is 1. The van der Waals surface area contributed by atoms with Crippen LogP contribution in [0.25, 0.3) is 0 Å². The second-order valence-electron chi connectivity index (χ2n) is 7.01. The molecule has 0 spiro atoms. The lowest BCUT2D eigenvalue weighted by atomic mass is 10.1. The minimum absolute atomic E-state index is 0.00425. The molecule has 5 nitrogen and oxygen atoms in total. The molecule has 0 radical (unpaired) electrons. The summed E-state index contributed by atoms with van der Waals surface area (Å²) >= 11 is 18.1. The van der Waals surface area contributed by atoms with Gasteiger partial charge in [0.1, 0.15) is 11.8 Å². The molecule has 2 atom stereocenters. The molecule has 0 aromatic heterocycles. The molecule has 0 bridgehead atoms. The maximum absolute atomic E-state index is 13.0. The Balaban J connectivity index is 2.18. The van der Waals surface area contributed by atoms with Gasteiger partial charge in [-0.3, -0.25) is 9.59 Å². The van der Waals surface area contributed by atoms with Crippen molar-refractivity contribution in [1.82, 2.24) is 10.2 Å². The zero-order valence-electron chi connectivity index (χ0n) is 17.1. The second kappa shape index (κ2) is 11.4. The highest BCUT2D eigenvalue weighted by atomic mass is 35.5. The highest BCUT2D eigenvalue weighted by molar-refractivity contribution is 6.42. The molecule has 0 saturated heterocycles. The largest absolute Gasteiger partial charge is 0.484 e. The Kier molecular flexibility index (Phi) is 9.28. The number of halogens is 3. The number of carbonyl (C=O) groups is 2. The molecule has 0 aliphatic carbocycles. The Morgan fingerprint density at radius 3 is 2.43 bits per heavy atom. The zero-order chi connectivity index (χ0) is 22.3. The molecule has 8 heteroatoms. The number of benzene rings is 2. The molecule has 0 unspecified atom stereocenters. The Morgan fingerprint density at radius 2 is 1.80 bits per heavy atom. The van der Waals surface area contributed by atoms with E-state index >= 15 is 0 Å². The summed E-state index contributed by atoms with van der Waals surface area (Å²) in [7, 11) is 0. The summed E-state index contributed by atoms with van der Waals surface area (Å²) in [5.41, 5.74) is 0.753. The van der Waals surface area contributed by atoms with Crippen molar-refractivity contribution in [3.63, 3.8) is 0 Å². The molecule has 0 fully saturated rings. The van der Waals surface area contributed by atoms with Gasteiger partial charge in [0, 0.05) is 17.6 Å². The van der Waals surface area contributed by atoms with Crippen LogP contribution in [0.5, 0.6) is 5.75 Å². The summed E-state index contributed by atoms with van der Waals surface area (Å²) in [6, 6.07) is 11.2. The first-order valence-corrected chi connectivity index (χ1v) is 10.8. The number of rotatable bonds is 9. The standard InChI is InChI=1S/C22H25Cl3N2O3/c1-4-14(2)26-22(29)15(3)27(12-16-8-9-19(24)20(25)10-16)21(28)13-30-18-7-5-6-17(23)11-18/h5-11,14-15H,4,12-13H2,1-3H3,(H,26,29)/t14-,15+/m1/s1. The molecule has 30 heavy (non-hydrogen) atoms. The predicted molar refractivity (Wildman–Crippen MR) is 121 cm³/mol. The van der Waals surface area contributed by atoms with E-state index in [4.69, 9.17) is 39.5 Å². The third-order valence-corrected chi connectivity index (χ3v) is 5.64. The third-order valence-electron chi connectivity index (χ3n) is 4.66. The Bertz CT molecular complexity index is 892. The van der Waals surface area contributed by atoms with Gasteiger partial charge in [-0.2, -0.15) is 0 Å². The minimum Gasteiger partial charge on any atom is -0.484 e. The second-order valence-corrected chi connectivity index (χ2v) is 8.26. The van der Waals surface area contributed by atoms with Crippen LogP contribution < -0.4 is 10.1 Å². The van der Waals surface area contributed by atoms with Crippen molar-refractivity contribution in [2.45, 2.75) is 45.8 Å². The van der Waals surface area contributed by atoms with Crippen molar-refractivity contribution in [3.05, 3.63) is 63.1 Å². The lowest BCUT2D eigenvalue weighted by molar-refractivity contribution is -0.142. The van der Waals surface area contributed by atoms with Crippen LogP contribution in [0.2, 0.25) is 15.1 Å². The smallest absolute Gasteiger partial charge is 0.261 e. The van der Waals surface area contributed by atoms with Crippen molar-refractivity contribution in [1.29, 1.82) is 0 Å². The maximum atomic E-state index is 13.0. The first-order chi connectivity index (χ1) is 14.2. The molecule has 1 N–H and O–H groups in total. The molecule has 2 rings (SSSR count). The van der Waals surface area contributed by atoms with Crippen LogP contribution in [0.1, 0.15) is 32.8 Å². The highest BCUT2D eigenvalue weighted by Crippen LogP contribution is 2.24. The topological polar surface area (TPSA) is 58.6 Å². The Hall–Kier alpha value is -1.95. The van der Waals surface area contributed by atoms with Gasteiger partial charge in [-0.15, -0.1) is 0 Å². The lowest BCUT2D eigenvalue weighted by Crippen LogP contribution is -2.50. The number of amides is 2. The van der Waals surface area contributed by atoms with Crippen molar-refractivity contribution in [2.75, 3.05) is 6.61 Å². The van der Waals surface area contributed by atoms with E-state index in [1.165, 1.54) is 4.90 Å². The van der Waals surface area contributed by atoms with Gasteiger partial charge < -0.3 is 15.0 Å². The van der Waals surface area contributed by atoms with E-state index in [0.29, 0.717) is 20.8 Å². The molecular formula is C22H25Cl3N2O3. The van der Waals surface area contributed by atoms with Crippen LogP contribution in [0, 0.1) is 0 Å². The van der Waals surface area contributed by atoms with Crippen molar-refractivity contribution in [3.8, 4) is 5.75 Å². The minimum atomic E-state index is -0.705. The van der Waals surface area contributed by atoms with Crippen LogP contribution in [0.3, 0.4) is 0 Å². The SMILES string of the molecule is CC[C@@H](C)NC(=O)[C@H](C)N(Cc1ccc(Cl)c(Cl)c1)C(=O)COc1cccc(Cl)c1. The van der Waals surface area contributed by atoms with Gasteiger partial charge in [-0.05, 0) is 56.2 Å². The van der Waals surface area contributed by atoms with E-state index in [1.54, 1.807) is 49.4 Å². The van der Waals surface area contributed by atoms with Crippen molar-refractivity contribution >= 4 is 46.6 Å². The third kappa shape index (κ3) is 7.08. The van der Waals surface area contributed by atoms with Gasteiger partial charge in [0.2, 0.25) is 5.91 Å². The zero-order valence-corrected chi connectivity index (χ0v) is 19.4. The normalized spacial score (nSPS) is 12.7. The van der Waals surface area contributed by atoms with E-state index in [9.17, 15) is 9.59 Å². The Labute approximate surface area is 192 Å². The highest BCUT2D eigenvalue weighted by Gasteiger charge is 2.27. The molecule has 0 aliphatic rings. The summed E-state index contributed by atoms with van der Waals surface area (Å²) in [5, 5.41) is 4.23. The van der Waals surface area contributed by atoms with Crippen LogP contribution in [-0.4, -0.2) is 35.4 Å². The Morgan fingerprint density at radius 1 is 1.07 bits per heavy atom. The molecule has 2 aromatic rings. The average Bonchev–Trinajstić information content (AvgIpc) is 2.72. The average molecular weight is 472 g/mol. The van der Waals surface area contributed by atoms with Crippen molar-refractivity contribution < 1.29 is 14.3 Å². The first kappa shape index (κ1) is 24.3. The van der Waals surface area contributed by atoms with Gasteiger partial charge in [0.15, 0.2) is 6.61 Å². The molecular weight excluding hydrogens is 447 g/mol. The van der Waals surface area contributed by atoms with E-state index in [2.05, 4.69) is 5.32 Å². The van der Waals surface area contributed by atoms with Crippen LogP contribution in [0.15, 0.2) is 42.5 Å². The van der Waals surface area contributed by atoms with Gasteiger partial charge >= 0.3 is 0 Å². The molecule has 2 amide bonds. The van der Waals surface area contributed by atoms with Gasteiger partial charge in [0.25, 0.3) is 5.91 Å². The number of ether oxygens (including phenoxy) is 1. The number of hydrogen-bond donors (Lipinski definition) is 1. The van der Waals surface area contributed by atoms with E-state index in [-0.39, 0.29) is 31.0 Å². The van der Waals surface area contributed by atoms with E-state index < -0.39 is 6.04 Å². The van der Waals surface area contributed by atoms with Crippen LogP contribution in [0.4, 0.5) is 0 Å². The first-order valence-electron chi connectivity index (χ1n) is 9.63. The number of nitrogens with one attached hydrogen (secondary N) is 1. The number of hydrogen-bond acceptors (Lipinski definition) is 3. The fourth-order valence-electron chi connectivity index (χ4n) is 2.67. The maximum Gasteiger partial charge on any atom is 0.261 e. The molecule has 0 saturated carbocycles. The summed E-state index contributed by atoms with van der Waals surface area (Å²) in [4.78, 5) is 27.1. The van der Waals surface area contributed by atoms with E-state index in [1.807, 2.05) is 13.8 Å². The monoisotopic (exact) mass is 470 g/mol. The fourth-order valence-corrected chi connectivity index (χ4v) is 3.17. The van der Waals surface area contributed by atoms with Crippen LogP contribution >= 0.6 is 34.8 Å². The summed E-state index contributed by atoms with van der Waals surface area (Å²) in [6.07, 6.45) is 0.789. The quantitative estimate of drug-likeness (QED) is 0.536. The molecule has 2 aromatic carbocycles. The molecule has 162 valence electrons. The van der Waals surface area contributed by atoms with Gasteiger partial charge in [-0.1, -0.05) is 53.9 Å². The van der Waals surface area contributed by atoms with Gasteiger partial charge in [-0.25, -0.2) is 0 Å².